The molecule has 0 amide bonds. The van der Waals surface area contributed by atoms with Gasteiger partial charge in [-0.05, 0) is 44.1 Å². The molecule has 0 aliphatic carbocycles. The summed E-state index contributed by atoms with van der Waals surface area (Å²) < 4.78 is 1.13. The van der Waals surface area contributed by atoms with Crippen LogP contribution in [0.1, 0.15) is 38.8 Å². The molecule has 0 radical (unpaired) electrons. The molecule has 2 N–H and O–H groups in total. The maximum Gasteiger partial charge on any atom is 0.0497 e. The average Bonchev–Trinajstić information content (AvgIpc) is 2.89. The SMILES string of the molecule is CCN(CC)C1CCN(C(c2cccc(Br)c2)C(C)N)C1. The van der Waals surface area contributed by atoms with Gasteiger partial charge in [-0.1, -0.05) is 41.9 Å². The Bertz CT molecular complexity index is 445. The van der Waals surface area contributed by atoms with Gasteiger partial charge in [0.2, 0.25) is 0 Å². The second kappa shape index (κ2) is 7.73. The standard InChI is InChI=1S/C17H28BrN3/c1-4-20(5-2)16-9-10-21(12-16)17(13(3)19)14-7-6-8-15(18)11-14/h6-8,11,13,16-17H,4-5,9-10,12,19H2,1-3H3. The van der Waals surface area contributed by atoms with E-state index in [1.54, 1.807) is 0 Å². The zero-order chi connectivity index (χ0) is 15.4. The Hall–Kier alpha value is -0.420. The summed E-state index contributed by atoms with van der Waals surface area (Å²) in [7, 11) is 0. The Morgan fingerprint density at radius 1 is 1.38 bits per heavy atom. The lowest BCUT2D eigenvalue weighted by molar-refractivity contribution is 0.176. The lowest BCUT2D eigenvalue weighted by atomic mass is 9.99. The number of rotatable bonds is 6. The van der Waals surface area contributed by atoms with Crippen molar-refractivity contribution in [1.29, 1.82) is 0 Å². The summed E-state index contributed by atoms with van der Waals surface area (Å²) >= 11 is 3.58. The highest BCUT2D eigenvalue weighted by Gasteiger charge is 2.33. The van der Waals surface area contributed by atoms with E-state index in [2.05, 4.69) is 70.8 Å². The molecule has 1 heterocycles. The third-order valence-electron chi connectivity index (χ3n) is 4.61. The van der Waals surface area contributed by atoms with Gasteiger partial charge in [0.15, 0.2) is 0 Å². The molecule has 2 rings (SSSR count). The molecule has 3 nitrogen and oxygen atoms in total. The highest BCUT2D eigenvalue weighted by molar-refractivity contribution is 9.10. The highest BCUT2D eigenvalue weighted by Crippen LogP contribution is 2.30. The quantitative estimate of drug-likeness (QED) is 0.851. The van der Waals surface area contributed by atoms with E-state index in [-0.39, 0.29) is 6.04 Å². The summed E-state index contributed by atoms with van der Waals surface area (Å²) in [5, 5.41) is 0. The van der Waals surface area contributed by atoms with E-state index < -0.39 is 0 Å². The van der Waals surface area contributed by atoms with Crippen LogP contribution in [-0.4, -0.2) is 48.1 Å². The summed E-state index contributed by atoms with van der Waals surface area (Å²) in [6.07, 6.45) is 1.25. The minimum atomic E-state index is 0.134. The number of halogens is 1. The van der Waals surface area contributed by atoms with E-state index in [1.807, 2.05) is 0 Å². The van der Waals surface area contributed by atoms with Crippen molar-refractivity contribution in [3.05, 3.63) is 34.3 Å². The van der Waals surface area contributed by atoms with E-state index in [0.717, 1.165) is 30.7 Å². The summed E-state index contributed by atoms with van der Waals surface area (Å²) in [6, 6.07) is 9.70. The van der Waals surface area contributed by atoms with Gasteiger partial charge in [-0.25, -0.2) is 0 Å². The minimum absolute atomic E-state index is 0.134. The van der Waals surface area contributed by atoms with Crippen LogP contribution in [0.25, 0.3) is 0 Å². The van der Waals surface area contributed by atoms with Crippen molar-refractivity contribution in [2.75, 3.05) is 26.2 Å². The molecule has 118 valence electrons. The number of hydrogen-bond donors (Lipinski definition) is 1. The molecular formula is C17H28BrN3. The Morgan fingerprint density at radius 3 is 2.67 bits per heavy atom. The topological polar surface area (TPSA) is 32.5 Å². The van der Waals surface area contributed by atoms with Crippen LogP contribution >= 0.6 is 15.9 Å². The molecular weight excluding hydrogens is 326 g/mol. The zero-order valence-electron chi connectivity index (χ0n) is 13.4. The number of hydrogen-bond acceptors (Lipinski definition) is 3. The first-order chi connectivity index (χ1) is 10.1. The van der Waals surface area contributed by atoms with Gasteiger partial charge in [-0.2, -0.15) is 0 Å². The smallest absolute Gasteiger partial charge is 0.0497 e. The molecule has 1 aromatic rings. The van der Waals surface area contributed by atoms with Crippen molar-refractivity contribution in [1.82, 2.24) is 9.80 Å². The van der Waals surface area contributed by atoms with Crippen LogP contribution in [0.15, 0.2) is 28.7 Å². The molecule has 1 aliphatic rings. The van der Waals surface area contributed by atoms with Gasteiger partial charge in [0, 0.05) is 35.7 Å². The van der Waals surface area contributed by atoms with Gasteiger partial charge in [-0.15, -0.1) is 0 Å². The van der Waals surface area contributed by atoms with Gasteiger partial charge < -0.3 is 5.73 Å². The van der Waals surface area contributed by atoms with Crippen molar-refractivity contribution in [2.24, 2.45) is 5.73 Å². The van der Waals surface area contributed by atoms with Crippen molar-refractivity contribution in [3.63, 3.8) is 0 Å². The Kier molecular flexibility index (Phi) is 6.23. The van der Waals surface area contributed by atoms with E-state index in [1.165, 1.54) is 12.0 Å². The second-order valence-corrected chi connectivity index (χ2v) is 6.93. The fourth-order valence-corrected chi connectivity index (χ4v) is 4.01. The second-order valence-electron chi connectivity index (χ2n) is 6.02. The van der Waals surface area contributed by atoms with Crippen molar-refractivity contribution < 1.29 is 0 Å². The summed E-state index contributed by atoms with van der Waals surface area (Å²) in [5.74, 6) is 0. The molecule has 0 spiro atoms. The predicted octanol–water partition coefficient (Wildman–Crippen LogP) is 3.25. The molecule has 4 heteroatoms. The van der Waals surface area contributed by atoms with Crippen LogP contribution in [0.2, 0.25) is 0 Å². The largest absolute Gasteiger partial charge is 0.326 e. The predicted molar refractivity (Wildman–Crippen MR) is 93.4 cm³/mol. The Balaban J connectivity index is 2.14. The average molecular weight is 354 g/mol. The number of nitrogens with zero attached hydrogens (tertiary/aromatic N) is 2. The molecule has 0 aromatic heterocycles. The van der Waals surface area contributed by atoms with Crippen LogP contribution in [0.5, 0.6) is 0 Å². The highest BCUT2D eigenvalue weighted by atomic mass is 79.9. The monoisotopic (exact) mass is 353 g/mol. The number of likely N-dealkylation sites (tertiary alicyclic amines) is 1. The summed E-state index contributed by atoms with van der Waals surface area (Å²) in [6.45, 7) is 11.2. The first kappa shape index (κ1) is 16.9. The maximum atomic E-state index is 6.31. The molecule has 1 saturated heterocycles. The number of benzene rings is 1. The lowest BCUT2D eigenvalue weighted by Crippen LogP contribution is -2.41. The van der Waals surface area contributed by atoms with Crippen LogP contribution in [-0.2, 0) is 0 Å². The van der Waals surface area contributed by atoms with E-state index in [0.29, 0.717) is 12.1 Å². The molecule has 0 bridgehead atoms. The van der Waals surface area contributed by atoms with Gasteiger partial charge in [0.25, 0.3) is 0 Å². The molecule has 1 fully saturated rings. The number of nitrogens with two attached hydrogens (primary N) is 1. The molecule has 21 heavy (non-hydrogen) atoms. The fourth-order valence-electron chi connectivity index (χ4n) is 3.60. The van der Waals surface area contributed by atoms with Crippen LogP contribution in [0.3, 0.4) is 0 Å². The summed E-state index contributed by atoms with van der Waals surface area (Å²) in [5.41, 5.74) is 7.63. The van der Waals surface area contributed by atoms with Crippen molar-refractivity contribution in [2.45, 2.75) is 45.3 Å². The van der Waals surface area contributed by atoms with Crippen LogP contribution < -0.4 is 5.73 Å². The fraction of sp³-hybridized carbons (Fsp3) is 0.647. The van der Waals surface area contributed by atoms with Crippen LogP contribution in [0, 0.1) is 0 Å². The van der Waals surface area contributed by atoms with Gasteiger partial charge in [0.1, 0.15) is 0 Å². The van der Waals surface area contributed by atoms with E-state index in [9.17, 15) is 0 Å². The minimum Gasteiger partial charge on any atom is -0.326 e. The van der Waals surface area contributed by atoms with Gasteiger partial charge in [0.05, 0.1) is 0 Å². The number of likely N-dealkylation sites (N-methyl/N-ethyl adjacent to an activating group) is 1. The molecule has 1 aliphatic heterocycles. The van der Waals surface area contributed by atoms with Gasteiger partial charge in [-0.3, -0.25) is 9.80 Å². The van der Waals surface area contributed by atoms with Gasteiger partial charge >= 0.3 is 0 Å². The third-order valence-corrected chi connectivity index (χ3v) is 5.10. The lowest BCUT2D eigenvalue weighted by Gasteiger charge is -2.33. The molecule has 3 atom stereocenters. The Morgan fingerprint density at radius 2 is 2.10 bits per heavy atom. The molecule has 0 saturated carbocycles. The molecule has 1 aromatic carbocycles. The summed E-state index contributed by atoms with van der Waals surface area (Å²) in [4.78, 5) is 5.13. The van der Waals surface area contributed by atoms with E-state index in [4.69, 9.17) is 5.73 Å². The van der Waals surface area contributed by atoms with E-state index >= 15 is 0 Å². The normalized spacial score (nSPS) is 22.7. The zero-order valence-corrected chi connectivity index (χ0v) is 15.0. The first-order valence-corrected chi connectivity index (χ1v) is 8.85. The third kappa shape index (κ3) is 4.07. The first-order valence-electron chi connectivity index (χ1n) is 8.06. The molecule has 3 unspecified atom stereocenters. The van der Waals surface area contributed by atoms with Crippen molar-refractivity contribution >= 4 is 15.9 Å². The van der Waals surface area contributed by atoms with Crippen molar-refractivity contribution in [3.8, 4) is 0 Å². The van der Waals surface area contributed by atoms with Crippen LogP contribution in [0.4, 0.5) is 0 Å². The maximum absolute atomic E-state index is 6.31. The Labute approximate surface area is 137 Å².